The molecule has 3 fully saturated rings. The van der Waals surface area contributed by atoms with Gasteiger partial charge in [0.05, 0.1) is 11.7 Å². The second kappa shape index (κ2) is 7.66. The van der Waals surface area contributed by atoms with Gasteiger partial charge in [0.2, 0.25) is 0 Å². The number of aliphatic hydroxyl groups excluding tert-OH is 1. The Balaban J connectivity index is 1.47. The number of rotatable bonds is 5. The van der Waals surface area contributed by atoms with Gasteiger partial charge in [-0.25, -0.2) is 0 Å². The molecule has 29 heavy (non-hydrogen) atoms. The monoisotopic (exact) mass is 402 g/mol. The molecule has 166 valence electrons. The van der Waals surface area contributed by atoms with Crippen LogP contribution in [0, 0.1) is 40.4 Å². The summed E-state index contributed by atoms with van der Waals surface area (Å²) in [6, 6.07) is 0. The Hall–Kier alpha value is -0.340. The number of hydrogen-bond donors (Lipinski definition) is 2. The number of allylic oxidation sites excluding steroid dienone is 1. The molecule has 0 aromatic heterocycles. The molecule has 0 aromatic rings. The minimum absolute atomic E-state index is 0.0969. The lowest BCUT2D eigenvalue weighted by molar-refractivity contribution is -0.0575. The van der Waals surface area contributed by atoms with Crippen LogP contribution in [0.1, 0.15) is 105 Å². The van der Waals surface area contributed by atoms with Crippen molar-refractivity contribution >= 4 is 0 Å². The molecule has 0 bridgehead atoms. The second-order valence-corrected chi connectivity index (χ2v) is 12.6. The second-order valence-electron chi connectivity index (χ2n) is 12.6. The zero-order chi connectivity index (χ0) is 21.0. The molecule has 4 rings (SSSR count). The van der Waals surface area contributed by atoms with Crippen LogP contribution in [0.15, 0.2) is 11.6 Å². The van der Waals surface area contributed by atoms with E-state index in [1.54, 1.807) is 5.57 Å². The maximum atomic E-state index is 10.2. The molecule has 8 atom stereocenters. The van der Waals surface area contributed by atoms with E-state index in [9.17, 15) is 10.2 Å². The van der Waals surface area contributed by atoms with Crippen molar-refractivity contribution in [3.63, 3.8) is 0 Å². The van der Waals surface area contributed by atoms with Gasteiger partial charge in [-0.3, -0.25) is 0 Å². The van der Waals surface area contributed by atoms with E-state index >= 15 is 0 Å². The summed E-state index contributed by atoms with van der Waals surface area (Å²) >= 11 is 0. The molecular formula is C27H46O2. The summed E-state index contributed by atoms with van der Waals surface area (Å²) in [7, 11) is 0. The Bertz CT molecular complexity index is 631. The summed E-state index contributed by atoms with van der Waals surface area (Å²) in [5.41, 5.74) is 1.95. The minimum atomic E-state index is -0.519. The van der Waals surface area contributed by atoms with Crippen LogP contribution in [0.5, 0.6) is 0 Å². The highest BCUT2D eigenvalue weighted by molar-refractivity contribution is 5.25. The van der Waals surface area contributed by atoms with E-state index in [1.165, 1.54) is 44.9 Å². The predicted octanol–water partition coefficient (Wildman–Crippen LogP) is 6.50. The van der Waals surface area contributed by atoms with Crippen LogP contribution in [0.2, 0.25) is 0 Å². The topological polar surface area (TPSA) is 40.5 Å². The van der Waals surface area contributed by atoms with Crippen LogP contribution in [0.3, 0.4) is 0 Å². The van der Waals surface area contributed by atoms with E-state index in [2.05, 4.69) is 26.8 Å². The van der Waals surface area contributed by atoms with Crippen LogP contribution in [0.25, 0.3) is 0 Å². The molecule has 7 unspecified atom stereocenters. The summed E-state index contributed by atoms with van der Waals surface area (Å²) in [4.78, 5) is 0. The summed E-state index contributed by atoms with van der Waals surface area (Å²) in [5, 5.41) is 20.3. The SMILES string of the molecule is CC(CCCC(C)(C)O)C1CCC2C3CC=C4C[C@@H](O)CCC4(C)C3CCC12C. The van der Waals surface area contributed by atoms with Crippen molar-refractivity contribution in [3.8, 4) is 0 Å². The maximum absolute atomic E-state index is 10.2. The highest BCUT2D eigenvalue weighted by Gasteiger charge is 2.59. The average Bonchev–Trinajstić information content (AvgIpc) is 2.98. The lowest BCUT2D eigenvalue weighted by Gasteiger charge is -2.58. The zero-order valence-electron chi connectivity index (χ0n) is 19.7. The molecule has 0 aromatic carbocycles. The molecule has 0 heterocycles. The third-order valence-electron chi connectivity index (χ3n) is 10.3. The van der Waals surface area contributed by atoms with Gasteiger partial charge in [-0.05, 0) is 112 Å². The zero-order valence-corrected chi connectivity index (χ0v) is 19.7. The van der Waals surface area contributed by atoms with Crippen LogP contribution >= 0.6 is 0 Å². The Labute approximate surface area is 179 Å². The fourth-order valence-corrected chi connectivity index (χ4v) is 8.67. The Morgan fingerprint density at radius 2 is 1.86 bits per heavy atom. The van der Waals surface area contributed by atoms with Crippen molar-refractivity contribution in [1.82, 2.24) is 0 Å². The third-order valence-corrected chi connectivity index (χ3v) is 10.3. The molecule has 2 heteroatoms. The third kappa shape index (κ3) is 3.86. The summed E-state index contributed by atoms with van der Waals surface area (Å²) < 4.78 is 0. The Kier molecular flexibility index (Phi) is 5.78. The fraction of sp³-hybridized carbons (Fsp3) is 0.926. The summed E-state index contributed by atoms with van der Waals surface area (Å²) in [5.74, 6) is 4.24. The minimum Gasteiger partial charge on any atom is -0.393 e. The van der Waals surface area contributed by atoms with Crippen LogP contribution in [0.4, 0.5) is 0 Å². The van der Waals surface area contributed by atoms with Crippen molar-refractivity contribution in [3.05, 3.63) is 11.6 Å². The average molecular weight is 403 g/mol. The maximum Gasteiger partial charge on any atom is 0.0591 e. The van der Waals surface area contributed by atoms with Gasteiger partial charge in [0.1, 0.15) is 0 Å². The first-order valence-corrected chi connectivity index (χ1v) is 12.6. The van der Waals surface area contributed by atoms with E-state index in [4.69, 9.17) is 0 Å². The van der Waals surface area contributed by atoms with Crippen molar-refractivity contribution in [1.29, 1.82) is 0 Å². The van der Waals surface area contributed by atoms with Gasteiger partial charge in [-0.2, -0.15) is 0 Å². The first kappa shape index (κ1) is 21.9. The number of fused-ring (bicyclic) bond motifs is 5. The lowest BCUT2D eigenvalue weighted by Crippen LogP contribution is -2.50. The largest absolute Gasteiger partial charge is 0.393 e. The predicted molar refractivity (Wildman–Crippen MR) is 121 cm³/mol. The molecule has 0 amide bonds. The molecule has 0 aliphatic heterocycles. The molecule has 4 aliphatic carbocycles. The molecule has 2 N–H and O–H groups in total. The van der Waals surface area contributed by atoms with Gasteiger partial charge in [0.15, 0.2) is 0 Å². The van der Waals surface area contributed by atoms with Crippen molar-refractivity contribution in [2.24, 2.45) is 40.4 Å². The molecule has 0 radical (unpaired) electrons. The normalized spacial score (nSPS) is 45.8. The molecule has 0 saturated heterocycles. The van der Waals surface area contributed by atoms with E-state index in [0.29, 0.717) is 10.8 Å². The van der Waals surface area contributed by atoms with Crippen LogP contribution in [-0.2, 0) is 0 Å². The van der Waals surface area contributed by atoms with Gasteiger partial charge in [-0.15, -0.1) is 0 Å². The van der Waals surface area contributed by atoms with Crippen LogP contribution in [-0.4, -0.2) is 21.9 Å². The first-order chi connectivity index (χ1) is 13.5. The Morgan fingerprint density at radius 1 is 1.10 bits per heavy atom. The molecule has 2 nitrogen and oxygen atoms in total. The van der Waals surface area contributed by atoms with E-state index in [1.807, 2.05) is 13.8 Å². The summed E-state index contributed by atoms with van der Waals surface area (Å²) in [6.45, 7) is 11.6. The highest BCUT2D eigenvalue weighted by Crippen LogP contribution is 2.67. The van der Waals surface area contributed by atoms with E-state index in [-0.39, 0.29) is 6.10 Å². The van der Waals surface area contributed by atoms with E-state index < -0.39 is 5.60 Å². The van der Waals surface area contributed by atoms with Crippen LogP contribution < -0.4 is 0 Å². The van der Waals surface area contributed by atoms with Gasteiger partial charge in [0, 0.05) is 0 Å². The molecule has 3 saturated carbocycles. The quantitative estimate of drug-likeness (QED) is 0.515. The fourth-order valence-electron chi connectivity index (χ4n) is 8.67. The van der Waals surface area contributed by atoms with Crippen molar-refractivity contribution in [2.75, 3.05) is 0 Å². The standard InChI is InChI=1S/C27H46O2/c1-18(7-6-14-25(2,3)29)22-10-11-23-21-9-8-19-17-20(28)12-15-26(19,4)24(21)13-16-27(22,23)5/h8,18,20-24,28-29H,6-7,9-17H2,1-5H3/t18?,20-,21?,22?,23?,24?,26?,27?/m0/s1. The Morgan fingerprint density at radius 3 is 2.59 bits per heavy atom. The van der Waals surface area contributed by atoms with Crippen molar-refractivity contribution < 1.29 is 10.2 Å². The number of hydrogen-bond acceptors (Lipinski definition) is 2. The molecule has 4 aliphatic rings. The highest BCUT2D eigenvalue weighted by atomic mass is 16.3. The first-order valence-electron chi connectivity index (χ1n) is 12.6. The lowest BCUT2D eigenvalue weighted by atomic mass is 9.47. The smallest absolute Gasteiger partial charge is 0.0591 e. The van der Waals surface area contributed by atoms with E-state index in [0.717, 1.165) is 55.3 Å². The van der Waals surface area contributed by atoms with Gasteiger partial charge < -0.3 is 10.2 Å². The van der Waals surface area contributed by atoms with Gasteiger partial charge in [0.25, 0.3) is 0 Å². The van der Waals surface area contributed by atoms with Gasteiger partial charge >= 0.3 is 0 Å². The van der Waals surface area contributed by atoms with Crippen molar-refractivity contribution in [2.45, 2.75) is 117 Å². The molecule has 0 spiro atoms. The molecular weight excluding hydrogens is 356 g/mol. The number of aliphatic hydroxyl groups is 2. The summed E-state index contributed by atoms with van der Waals surface area (Å²) in [6.07, 6.45) is 15.9. The van der Waals surface area contributed by atoms with Gasteiger partial charge in [-0.1, -0.05) is 45.3 Å².